The minimum Gasteiger partial charge on any atom is -0.296 e. The van der Waals surface area contributed by atoms with Crippen LogP contribution in [0.5, 0.6) is 0 Å². The summed E-state index contributed by atoms with van der Waals surface area (Å²) in [4.78, 5) is 2.56. The Labute approximate surface area is 50.7 Å². The fraction of sp³-hybridized carbons (Fsp3) is 0.857. The van der Waals surface area contributed by atoms with Gasteiger partial charge >= 0.3 is 0 Å². The van der Waals surface area contributed by atoms with Crippen LogP contribution in [0.2, 0.25) is 0 Å². The molecule has 0 spiro atoms. The average molecular weight is 110 g/mol. The molecule has 0 bridgehead atoms. The maximum atomic E-state index is 2.56. The van der Waals surface area contributed by atoms with Crippen LogP contribution < -0.4 is 0 Å². The molecule has 1 aliphatic heterocycles. The van der Waals surface area contributed by atoms with E-state index in [1.165, 1.54) is 38.8 Å². The SMILES string of the molecule is C1CCN([C]2CC2)C1. The fourth-order valence-electron chi connectivity index (χ4n) is 1.41. The number of likely N-dealkylation sites (tertiary alicyclic amines) is 1. The Bertz CT molecular complexity index is 80.4. The van der Waals surface area contributed by atoms with Crippen LogP contribution in [0.3, 0.4) is 0 Å². The van der Waals surface area contributed by atoms with Gasteiger partial charge in [-0.15, -0.1) is 0 Å². The minimum absolute atomic E-state index is 1.36. The average Bonchev–Trinajstić information content (AvgIpc) is 2.49. The van der Waals surface area contributed by atoms with Crippen molar-refractivity contribution in [3.8, 4) is 0 Å². The molecule has 0 amide bonds. The van der Waals surface area contributed by atoms with E-state index in [1.54, 1.807) is 6.04 Å². The Kier molecular flexibility index (Phi) is 1.04. The molecule has 2 rings (SSSR count). The van der Waals surface area contributed by atoms with E-state index in [9.17, 15) is 0 Å². The van der Waals surface area contributed by atoms with Crippen molar-refractivity contribution < 1.29 is 0 Å². The first kappa shape index (κ1) is 4.80. The summed E-state index contributed by atoms with van der Waals surface area (Å²) in [5.41, 5.74) is 0. The van der Waals surface area contributed by atoms with Gasteiger partial charge in [-0.2, -0.15) is 0 Å². The summed E-state index contributed by atoms with van der Waals surface area (Å²) in [6.45, 7) is 2.71. The number of hydrogen-bond donors (Lipinski definition) is 0. The molecular formula is C7H12N. The molecule has 0 aromatic rings. The van der Waals surface area contributed by atoms with Crippen molar-refractivity contribution in [1.29, 1.82) is 0 Å². The quantitative estimate of drug-likeness (QED) is 0.493. The monoisotopic (exact) mass is 110 g/mol. The van der Waals surface area contributed by atoms with Crippen molar-refractivity contribution in [3.05, 3.63) is 6.04 Å². The molecule has 0 unspecified atom stereocenters. The van der Waals surface area contributed by atoms with Gasteiger partial charge in [0.15, 0.2) is 0 Å². The van der Waals surface area contributed by atoms with E-state index in [1.807, 2.05) is 0 Å². The number of rotatable bonds is 1. The maximum Gasteiger partial charge on any atom is 0.0394 e. The lowest BCUT2D eigenvalue weighted by atomic mass is 10.4. The smallest absolute Gasteiger partial charge is 0.0394 e. The van der Waals surface area contributed by atoms with E-state index in [0.29, 0.717) is 0 Å². The van der Waals surface area contributed by atoms with Crippen LogP contribution in [-0.4, -0.2) is 18.0 Å². The normalized spacial score (nSPS) is 31.5. The van der Waals surface area contributed by atoms with Crippen LogP contribution in [0, 0.1) is 6.04 Å². The zero-order valence-electron chi connectivity index (χ0n) is 5.19. The van der Waals surface area contributed by atoms with Gasteiger partial charge < -0.3 is 0 Å². The van der Waals surface area contributed by atoms with Gasteiger partial charge in [-0.3, -0.25) is 4.90 Å². The Morgan fingerprint density at radius 3 is 2.12 bits per heavy atom. The molecule has 1 heterocycles. The Morgan fingerprint density at radius 2 is 1.62 bits per heavy atom. The van der Waals surface area contributed by atoms with Crippen molar-refractivity contribution in [2.24, 2.45) is 0 Å². The van der Waals surface area contributed by atoms with Crippen molar-refractivity contribution in [2.75, 3.05) is 13.1 Å². The molecule has 0 atom stereocenters. The molecule has 0 aromatic heterocycles. The van der Waals surface area contributed by atoms with Crippen molar-refractivity contribution >= 4 is 0 Å². The predicted molar refractivity (Wildman–Crippen MR) is 33.3 cm³/mol. The maximum absolute atomic E-state index is 2.56. The lowest BCUT2D eigenvalue weighted by molar-refractivity contribution is 0.400. The first-order valence-electron chi connectivity index (χ1n) is 3.56. The lowest BCUT2D eigenvalue weighted by Crippen LogP contribution is -2.15. The summed E-state index contributed by atoms with van der Waals surface area (Å²) in [5, 5.41) is 0. The summed E-state index contributed by atoms with van der Waals surface area (Å²) in [7, 11) is 0. The molecule has 2 aliphatic rings. The molecule has 2 fully saturated rings. The second kappa shape index (κ2) is 1.73. The lowest BCUT2D eigenvalue weighted by Gasteiger charge is -2.10. The minimum atomic E-state index is 1.36. The molecule has 45 valence electrons. The molecule has 0 aromatic carbocycles. The fourth-order valence-corrected chi connectivity index (χ4v) is 1.41. The Hall–Kier alpha value is -0.0400. The van der Waals surface area contributed by atoms with E-state index < -0.39 is 0 Å². The van der Waals surface area contributed by atoms with E-state index >= 15 is 0 Å². The largest absolute Gasteiger partial charge is 0.296 e. The molecular weight excluding hydrogens is 98.1 g/mol. The van der Waals surface area contributed by atoms with Crippen LogP contribution in [0.15, 0.2) is 0 Å². The van der Waals surface area contributed by atoms with Gasteiger partial charge in [-0.05, 0) is 38.8 Å². The van der Waals surface area contributed by atoms with Crippen molar-refractivity contribution in [1.82, 2.24) is 4.90 Å². The molecule has 1 nitrogen and oxygen atoms in total. The molecule has 0 N–H and O–H groups in total. The van der Waals surface area contributed by atoms with Gasteiger partial charge in [0, 0.05) is 6.04 Å². The third-order valence-corrected chi connectivity index (χ3v) is 2.03. The second-order valence-electron chi connectivity index (χ2n) is 2.76. The molecule has 1 aliphatic carbocycles. The molecule has 1 saturated heterocycles. The van der Waals surface area contributed by atoms with Gasteiger partial charge in [0.25, 0.3) is 0 Å². The highest BCUT2D eigenvalue weighted by Crippen LogP contribution is 2.37. The number of hydrogen-bond acceptors (Lipinski definition) is 1. The highest BCUT2D eigenvalue weighted by atomic mass is 15.2. The summed E-state index contributed by atoms with van der Waals surface area (Å²) in [6.07, 6.45) is 5.67. The standard InChI is InChI=1S/C7H12N/c1-2-6-8(5-1)7-3-4-7/h1-6H2. The van der Waals surface area contributed by atoms with Crippen LogP contribution >= 0.6 is 0 Å². The Balaban J connectivity index is 1.86. The third kappa shape index (κ3) is 0.752. The van der Waals surface area contributed by atoms with Crippen LogP contribution in [0.25, 0.3) is 0 Å². The van der Waals surface area contributed by atoms with Crippen LogP contribution in [0.4, 0.5) is 0 Å². The number of nitrogens with zero attached hydrogens (tertiary/aromatic N) is 1. The van der Waals surface area contributed by atoms with Gasteiger partial charge in [0.05, 0.1) is 0 Å². The summed E-state index contributed by atoms with van der Waals surface area (Å²) >= 11 is 0. The topological polar surface area (TPSA) is 3.24 Å². The van der Waals surface area contributed by atoms with E-state index in [-0.39, 0.29) is 0 Å². The predicted octanol–water partition coefficient (Wildman–Crippen LogP) is 1.41. The molecule has 8 heavy (non-hydrogen) atoms. The third-order valence-electron chi connectivity index (χ3n) is 2.03. The summed E-state index contributed by atoms with van der Waals surface area (Å²) < 4.78 is 0. The van der Waals surface area contributed by atoms with Gasteiger partial charge in [0.1, 0.15) is 0 Å². The summed E-state index contributed by atoms with van der Waals surface area (Å²) in [6, 6.07) is 1.72. The van der Waals surface area contributed by atoms with Crippen LogP contribution in [-0.2, 0) is 0 Å². The highest BCUT2D eigenvalue weighted by Gasteiger charge is 2.31. The van der Waals surface area contributed by atoms with Gasteiger partial charge in [-0.1, -0.05) is 0 Å². The molecule has 1 radical (unpaired) electrons. The van der Waals surface area contributed by atoms with Gasteiger partial charge in [-0.25, -0.2) is 0 Å². The van der Waals surface area contributed by atoms with Crippen LogP contribution in [0.1, 0.15) is 25.7 Å². The van der Waals surface area contributed by atoms with E-state index in [2.05, 4.69) is 4.90 Å². The van der Waals surface area contributed by atoms with Gasteiger partial charge in [0.2, 0.25) is 0 Å². The van der Waals surface area contributed by atoms with Crippen molar-refractivity contribution in [2.45, 2.75) is 25.7 Å². The molecule has 1 saturated carbocycles. The summed E-state index contributed by atoms with van der Waals surface area (Å²) in [5.74, 6) is 0. The van der Waals surface area contributed by atoms with Crippen molar-refractivity contribution in [3.63, 3.8) is 0 Å². The first-order chi connectivity index (χ1) is 3.97. The van der Waals surface area contributed by atoms with E-state index in [0.717, 1.165) is 0 Å². The highest BCUT2D eigenvalue weighted by molar-refractivity contribution is 5.05. The Morgan fingerprint density at radius 1 is 1.00 bits per heavy atom. The second-order valence-corrected chi connectivity index (χ2v) is 2.76. The van der Waals surface area contributed by atoms with E-state index in [4.69, 9.17) is 0 Å². The zero-order valence-corrected chi connectivity index (χ0v) is 5.19. The zero-order chi connectivity index (χ0) is 5.40. The first-order valence-corrected chi connectivity index (χ1v) is 3.56. The molecule has 1 heteroatoms.